The van der Waals surface area contributed by atoms with Gasteiger partial charge in [-0.1, -0.05) is 12.1 Å². The highest BCUT2D eigenvalue weighted by Gasteiger charge is 2.30. The number of aliphatic hydroxyl groups is 3. The number of furan rings is 1. The molecule has 29 heavy (non-hydrogen) atoms. The third-order valence-electron chi connectivity index (χ3n) is 4.47. The van der Waals surface area contributed by atoms with E-state index in [0.717, 1.165) is 5.57 Å². The predicted octanol–water partition coefficient (Wildman–Crippen LogP) is 2.57. The van der Waals surface area contributed by atoms with E-state index in [9.17, 15) is 20.1 Å². The molecule has 0 radical (unpaired) electrons. The van der Waals surface area contributed by atoms with Crippen LogP contribution in [-0.2, 0) is 16.1 Å². The van der Waals surface area contributed by atoms with Crippen molar-refractivity contribution in [1.82, 2.24) is 4.98 Å². The molecule has 0 unspecified atom stereocenters. The zero-order valence-electron chi connectivity index (χ0n) is 16.4. The zero-order valence-corrected chi connectivity index (χ0v) is 16.4. The van der Waals surface area contributed by atoms with Crippen LogP contribution < -0.4 is 0 Å². The fourth-order valence-corrected chi connectivity index (χ4v) is 2.93. The Morgan fingerprint density at radius 3 is 2.69 bits per heavy atom. The summed E-state index contributed by atoms with van der Waals surface area (Å²) in [6, 6.07) is 8.91. The first kappa shape index (κ1) is 22.5. The van der Waals surface area contributed by atoms with Gasteiger partial charge in [-0.2, -0.15) is 0 Å². The fraction of sp³-hybridized carbons (Fsp3) is 0.364. The Kier molecular flexibility index (Phi) is 8.79. The van der Waals surface area contributed by atoms with E-state index < -0.39 is 24.1 Å². The molecule has 2 aromatic rings. The molecule has 2 aromatic heterocycles. The van der Waals surface area contributed by atoms with Gasteiger partial charge in [-0.05, 0) is 55.7 Å². The first-order chi connectivity index (χ1) is 14.0. The molecule has 3 atom stereocenters. The number of nitrogens with zero attached hydrogens (tertiary/aromatic N) is 1. The van der Waals surface area contributed by atoms with Crippen molar-refractivity contribution in [2.75, 3.05) is 6.61 Å². The van der Waals surface area contributed by atoms with Crippen molar-refractivity contribution in [3.05, 3.63) is 66.4 Å². The number of carbonyl (C=O) groups is 1. The Labute approximate surface area is 170 Å². The van der Waals surface area contributed by atoms with Crippen molar-refractivity contribution < 1.29 is 29.3 Å². The number of pyridine rings is 1. The topological polar surface area (TPSA) is 113 Å². The fourth-order valence-electron chi connectivity index (χ4n) is 2.93. The van der Waals surface area contributed by atoms with Crippen LogP contribution in [0.3, 0.4) is 0 Å². The van der Waals surface area contributed by atoms with Gasteiger partial charge < -0.3 is 24.5 Å². The summed E-state index contributed by atoms with van der Waals surface area (Å²) in [5.41, 5.74) is 1.51. The van der Waals surface area contributed by atoms with Crippen LogP contribution >= 0.6 is 0 Å². The molecule has 0 aliphatic carbocycles. The van der Waals surface area contributed by atoms with Gasteiger partial charge in [0.05, 0.1) is 18.4 Å². The first-order valence-corrected chi connectivity index (χ1v) is 9.47. The molecule has 0 amide bonds. The van der Waals surface area contributed by atoms with Crippen molar-refractivity contribution in [1.29, 1.82) is 0 Å². The second-order valence-electron chi connectivity index (χ2n) is 6.46. The molecule has 0 saturated carbocycles. The van der Waals surface area contributed by atoms with Crippen LogP contribution in [0.25, 0.3) is 11.6 Å². The Bertz CT molecular complexity index is 814. The Morgan fingerprint density at radius 1 is 1.31 bits per heavy atom. The molecule has 7 nitrogen and oxygen atoms in total. The molecule has 0 spiro atoms. The highest BCUT2D eigenvalue weighted by atomic mass is 16.5. The van der Waals surface area contributed by atoms with Gasteiger partial charge in [0, 0.05) is 12.1 Å². The maximum atomic E-state index is 11.8. The Morgan fingerprint density at radius 2 is 2.10 bits per heavy atom. The molecule has 0 aliphatic heterocycles. The number of hydrogen-bond acceptors (Lipinski definition) is 7. The van der Waals surface area contributed by atoms with E-state index >= 15 is 0 Å². The molecule has 3 N–H and O–H groups in total. The third kappa shape index (κ3) is 6.39. The standard InChI is InChI=1S/C22H27NO6/c1-3-18(21(26)22(27)28-4-2)20(25)11-8-15(19-7-5-6-12-23-19)13-16-9-10-17(14-24)29-16/h3,5-7,9-10,12-13,18,20-21,24-26H,1,4,8,11,14H2,2H3/b15-13-/t18-,20-,21+/m1/s1. The second kappa shape index (κ2) is 11.3. The van der Waals surface area contributed by atoms with Gasteiger partial charge >= 0.3 is 5.97 Å². The zero-order chi connectivity index (χ0) is 21.2. The lowest BCUT2D eigenvalue weighted by molar-refractivity contribution is -0.157. The van der Waals surface area contributed by atoms with Gasteiger partial charge in [-0.25, -0.2) is 4.79 Å². The van der Waals surface area contributed by atoms with Crippen LogP contribution in [-0.4, -0.2) is 45.1 Å². The molecule has 156 valence electrons. The third-order valence-corrected chi connectivity index (χ3v) is 4.47. The summed E-state index contributed by atoms with van der Waals surface area (Å²) in [6.07, 6.45) is 2.98. The minimum absolute atomic E-state index is 0.140. The monoisotopic (exact) mass is 401 g/mol. The number of rotatable bonds is 11. The van der Waals surface area contributed by atoms with E-state index in [2.05, 4.69) is 11.6 Å². The number of aliphatic hydroxyl groups excluding tert-OH is 3. The van der Waals surface area contributed by atoms with Crippen LogP contribution in [0.2, 0.25) is 0 Å². The molecule has 2 rings (SSSR count). The van der Waals surface area contributed by atoms with E-state index in [0.29, 0.717) is 23.6 Å². The molecular formula is C22H27NO6. The summed E-state index contributed by atoms with van der Waals surface area (Å²) in [5, 5.41) is 29.9. The number of esters is 1. The summed E-state index contributed by atoms with van der Waals surface area (Å²) in [7, 11) is 0. The summed E-state index contributed by atoms with van der Waals surface area (Å²) >= 11 is 0. The van der Waals surface area contributed by atoms with Gasteiger partial charge in [0.25, 0.3) is 0 Å². The van der Waals surface area contributed by atoms with Crippen molar-refractivity contribution in [2.24, 2.45) is 5.92 Å². The van der Waals surface area contributed by atoms with Crippen LogP contribution in [0.1, 0.15) is 37.0 Å². The number of hydrogen-bond donors (Lipinski definition) is 3. The summed E-state index contributed by atoms with van der Waals surface area (Å²) in [6.45, 7) is 5.21. The van der Waals surface area contributed by atoms with Gasteiger partial charge in [0.1, 0.15) is 18.1 Å². The summed E-state index contributed by atoms with van der Waals surface area (Å²) in [4.78, 5) is 16.1. The lowest BCUT2D eigenvalue weighted by atomic mass is 9.90. The quantitative estimate of drug-likeness (QED) is 0.392. The Balaban J connectivity index is 2.16. The predicted molar refractivity (Wildman–Crippen MR) is 108 cm³/mol. The van der Waals surface area contributed by atoms with Crippen molar-refractivity contribution >= 4 is 17.6 Å². The molecule has 0 aliphatic rings. The largest absolute Gasteiger partial charge is 0.464 e. The van der Waals surface area contributed by atoms with Gasteiger partial charge in [0.15, 0.2) is 6.10 Å². The molecule has 0 saturated heterocycles. The summed E-state index contributed by atoms with van der Waals surface area (Å²) < 4.78 is 10.3. The SMILES string of the molecule is C=C[C@H]([C@H](O)CC/C(=C/c1ccc(CO)o1)c1ccccn1)[C@H](O)C(=O)OCC. The molecule has 0 aromatic carbocycles. The van der Waals surface area contributed by atoms with Crippen LogP contribution in [0.4, 0.5) is 0 Å². The lowest BCUT2D eigenvalue weighted by Crippen LogP contribution is -2.37. The molecular weight excluding hydrogens is 374 g/mol. The van der Waals surface area contributed by atoms with Crippen LogP contribution in [0.5, 0.6) is 0 Å². The van der Waals surface area contributed by atoms with E-state index in [1.54, 1.807) is 37.4 Å². The van der Waals surface area contributed by atoms with Gasteiger partial charge in [-0.15, -0.1) is 6.58 Å². The highest BCUT2D eigenvalue weighted by molar-refractivity contribution is 5.78. The maximum Gasteiger partial charge on any atom is 0.335 e. The van der Waals surface area contributed by atoms with Crippen molar-refractivity contribution in [2.45, 2.75) is 38.6 Å². The number of carbonyl (C=O) groups excluding carboxylic acids is 1. The average Bonchev–Trinajstić information content (AvgIpc) is 3.20. The number of ether oxygens (including phenoxy) is 1. The van der Waals surface area contributed by atoms with Crippen molar-refractivity contribution in [3.63, 3.8) is 0 Å². The number of aromatic nitrogens is 1. The minimum Gasteiger partial charge on any atom is -0.464 e. The summed E-state index contributed by atoms with van der Waals surface area (Å²) in [5.74, 6) is -0.648. The van der Waals surface area contributed by atoms with E-state index in [-0.39, 0.29) is 19.6 Å². The van der Waals surface area contributed by atoms with Crippen molar-refractivity contribution in [3.8, 4) is 0 Å². The second-order valence-corrected chi connectivity index (χ2v) is 6.46. The lowest BCUT2D eigenvalue weighted by Gasteiger charge is -2.23. The first-order valence-electron chi connectivity index (χ1n) is 9.47. The highest BCUT2D eigenvalue weighted by Crippen LogP contribution is 2.26. The van der Waals surface area contributed by atoms with E-state index in [4.69, 9.17) is 9.15 Å². The van der Waals surface area contributed by atoms with Gasteiger partial charge in [-0.3, -0.25) is 4.98 Å². The average molecular weight is 401 g/mol. The number of allylic oxidation sites excluding steroid dienone is 1. The van der Waals surface area contributed by atoms with E-state index in [1.807, 2.05) is 12.1 Å². The molecule has 7 heteroatoms. The van der Waals surface area contributed by atoms with Crippen LogP contribution in [0, 0.1) is 5.92 Å². The van der Waals surface area contributed by atoms with Crippen LogP contribution in [0.15, 0.2) is 53.6 Å². The smallest absolute Gasteiger partial charge is 0.335 e. The van der Waals surface area contributed by atoms with Gasteiger partial charge in [0.2, 0.25) is 0 Å². The normalized spacial score (nSPS) is 14.8. The molecule has 0 fully saturated rings. The Hall–Kier alpha value is -2.74. The maximum absolute atomic E-state index is 11.8. The molecule has 0 bridgehead atoms. The molecule has 2 heterocycles. The van der Waals surface area contributed by atoms with E-state index in [1.165, 1.54) is 6.08 Å². The minimum atomic E-state index is -1.48.